The summed E-state index contributed by atoms with van der Waals surface area (Å²) >= 11 is 3.40. The van der Waals surface area contributed by atoms with Gasteiger partial charge in [0.2, 0.25) is 0 Å². The second kappa shape index (κ2) is 7.08. The minimum atomic E-state index is 0.0991. The normalized spacial score (nSPS) is 11.4. The average molecular weight is 349 g/mol. The summed E-state index contributed by atoms with van der Waals surface area (Å²) in [6.07, 6.45) is 4.47. The van der Waals surface area contributed by atoms with Gasteiger partial charge in [0, 0.05) is 41.7 Å². The molecule has 1 heterocycles. The smallest absolute Gasteiger partial charge is 0.172 e. The lowest BCUT2D eigenvalue weighted by atomic mass is 10.1. The van der Waals surface area contributed by atoms with E-state index in [2.05, 4.69) is 31.0 Å². The van der Waals surface area contributed by atoms with Crippen LogP contribution in [0.25, 0.3) is 0 Å². The summed E-state index contributed by atoms with van der Waals surface area (Å²) in [4.78, 5) is 6.09. The van der Waals surface area contributed by atoms with Crippen LogP contribution in [0.4, 0.5) is 5.69 Å². The molecule has 2 rings (SSSR count). The standard InChI is InChI=1S/C15H17BrN4O/c1-20(9-6-11-4-7-18-8-5-11)14-3-2-12(16)10-13(14)15(17)19-21/h2-5,7-8,10,21H,6,9H2,1H3,(H2,17,19). The van der Waals surface area contributed by atoms with Crippen molar-refractivity contribution in [3.63, 3.8) is 0 Å². The molecule has 0 radical (unpaired) electrons. The average Bonchev–Trinajstić information content (AvgIpc) is 2.52. The van der Waals surface area contributed by atoms with Crippen LogP contribution in [0.3, 0.4) is 0 Å². The Morgan fingerprint density at radius 3 is 2.71 bits per heavy atom. The van der Waals surface area contributed by atoms with Gasteiger partial charge in [-0.05, 0) is 42.3 Å². The van der Waals surface area contributed by atoms with E-state index in [-0.39, 0.29) is 5.84 Å². The lowest BCUT2D eigenvalue weighted by Crippen LogP contribution is -2.25. The summed E-state index contributed by atoms with van der Waals surface area (Å²) in [5.74, 6) is 0.0991. The molecule has 5 nitrogen and oxygen atoms in total. The van der Waals surface area contributed by atoms with E-state index in [1.807, 2.05) is 37.4 Å². The Bertz CT molecular complexity index is 631. The predicted molar refractivity (Wildman–Crippen MR) is 87.9 cm³/mol. The molecule has 0 bridgehead atoms. The SMILES string of the molecule is CN(CCc1ccncc1)c1ccc(Br)cc1/C(N)=N/O. The van der Waals surface area contributed by atoms with Crippen molar-refractivity contribution >= 4 is 27.5 Å². The molecule has 0 aliphatic heterocycles. The Morgan fingerprint density at radius 2 is 2.05 bits per heavy atom. The maximum absolute atomic E-state index is 8.92. The van der Waals surface area contributed by atoms with Gasteiger partial charge < -0.3 is 15.8 Å². The molecule has 3 N–H and O–H groups in total. The summed E-state index contributed by atoms with van der Waals surface area (Å²) in [6.45, 7) is 0.817. The lowest BCUT2D eigenvalue weighted by Gasteiger charge is -2.22. The molecule has 0 atom stereocenters. The molecule has 1 aromatic carbocycles. The van der Waals surface area contributed by atoms with Crippen LogP contribution in [-0.4, -0.2) is 29.6 Å². The van der Waals surface area contributed by atoms with Gasteiger partial charge >= 0.3 is 0 Å². The molecular formula is C15H17BrN4O. The lowest BCUT2D eigenvalue weighted by molar-refractivity contribution is 0.318. The van der Waals surface area contributed by atoms with E-state index >= 15 is 0 Å². The Hall–Kier alpha value is -2.08. The largest absolute Gasteiger partial charge is 0.409 e. The number of likely N-dealkylation sites (N-methyl/N-ethyl adjacent to an activating group) is 1. The van der Waals surface area contributed by atoms with Crippen molar-refractivity contribution < 1.29 is 5.21 Å². The van der Waals surface area contributed by atoms with Crippen LogP contribution in [-0.2, 0) is 6.42 Å². The number of nitrogens with zero attached hydrogens (tertiary/aromatic N) is 3. The Kier molecular flexibility index (Phi) is 5.16. The number of hydrogen-bond acceptors (Lipinski definition) is 4. The number of pyridine rings is 1. The number of aromatic nitrogens is 1. The quantitative estimate of drug-likeness (QED) is 0.377. The molecule has 0 aliphatic carbocycles. The summed E-state index contributed by atoms with van der Waals surface area (Å²) in [5.41, 5.74) is 8.59. The zero-order valence-electron chi connectivity index (χ0n) is 11.7. The van der Waals surface area contributed by atoms with E-state index in [0.717, 1.165) is 23.1 Å². The van der Waals surface area contributed by atoms with Gasteiger partial charge in [0.05, 0.1) is 0 Å². The number of rotatable bonds is 5. The zero-order valence-corrected chi connectivity index (χ0v) is 13.3. The molecule has 0 spiro atoms. The minimum Gasteiger partial charge on any atom is -0.409 e. The van der Waals surface area contributed by atoms with E-state index < -0.39 is 0 Å². The number of nitrogens with two attached hydrogens (primary N) is 1. The van der Waals surface area contributed by atoms with Gasteiger partial charge in [0.25, 0.3) is 0 Å². The summed E-state index contributed by atoms with van der Waals surface area (Å²) in [7, 11) is 1.98. The summed E-state index contributed by atoms with van der Waals surface area (Å²) in [6, 6.07) is 9.73. The van der Waals surface area contributed by atoms with Crippen LogP contribution >= 0.6 is 15.9 Å². The third-order valence-electron chi connectivity index (χ3n) is 3.24. The highest BCUT2D eigenvalue weighted by Crippen LogP contribution is 2.24. The fraction of sp³-hybridized carbons (Fsp3) is 0.200. The number of hydrogen-bond donors (Lipinski definition) is 2. The van der Waals surface area contributed by atoms with E-state index in [1.165, 1.54) is 5.56 Å². The maximum atomic E-state index is 8.92. The molecule has 110 valence electrons. The highest BCUT2D eigenvalue weighted by molar-refractivity contribution is 9.10. The molecule has 21 heavy (non-hydrogen) atoms. The summed E-state index contributed by atoms with van der Waals surface area (Å²) in [5, 5.41) is 12.0. The van der Waals surface area contributed by atoms with Crippen LogP contribution in [0.2, 0.25) is 0 Å². The van der Waals surface area contributed by atoms with Crippen LogP contribution in [0.1, 0.15) is 11.1 Å². The van der Waals surface area contributed by atoms with Gasteiger partial charge in [-0.25, -0.2) is 0 Å². The van der Waals surface area contributed by atoms with Crippen molar-refractivity contribution in [1.29, 1.82) is 0 Å². The minimum absolute atomic E-state index is 0.0991. The van der Waals surface area contributed by atoms with Crippen LogP contribution in [0.5, 0.6) is 0 Å². The fourth-order valence-electron chi connectivity index (χ4n) is 2.07. The molecule has 0 fully saturated rings. The Morgan fingerprint density at radius 1 is 1.33 bits per heavy atom. The third-order valence-corrected chi connectivity index (χ3v) is 3.73. The monoisotopic (exact) mass is 348 g/mol. The molecular weight excluding hydrogens is 332 g/mol. The molecule has 0 unspecified atom stereocenters. The van der Waals surface area contributed by atoms with Crippen LogP contribution in [0.15, 0.2) is 52.4 Å². The molecule has 0 saturated heterocycles. The molecule has 0 aliphatic rings. The Labute approximate surface area is 132 Å². The molecule has 2 aromatic rings. The first-order valence-corrected chi connectivity index (χ1v) is 7.28. The van der Waals surface area contributed by atoms with Crippen molar-refractivity contribution in [3.05, 3.63) is 58.3 Å². The van der Waals surface area contributed by atoms with Gasteiger partial charge in [-0.2, -0.15) is 0 Å². The van der Waals surface area contributed by atoms with Gasteiger partial charge in [-0.3, -0.25) is 4.98 Å². The first-order chi connectivity index (χ1) is 10.1. The van der Waals surface area contributed by atoms with Crippen molar-refractivity contribution in [2.75, 3.05) is 18.5 Å². The van der Waals surface area contributed by atoms with E-state index in [1.54, 1.807) is 12.4 Å². The van der Waals surface area contributed by atoms with E-state index in [0.29, 0.717) is 5.56 Å². The van der Waals surface area contributed by atoms with Crippen LogP contribution < -0.4 is 10.6 Å². The Balaban J connectivity index is 2.17. The van der Waals surface area contributed by atoms with E-state index in [9.17, 15) is 0 Å². The number of benzene rings is 1. The fourth-order valence-corrected chi connectivity index (χ4v) is 2.43. The topological polar surface area (TPSA) is 74.7 Å². The zero-order chi connectivity index (χ0) is 15.2. The predicted octanol–water partition coefficient (Wildman–Crippen LogP) is 2.62. The van der Waals surface area contributed by atoms with Crippen molar-refractivity contribution in [1.82, 2.24) is 4.98 Å². The van der Waals surface area contributed by atoms with Gasteiger partial charge in [-0.15, -0.1) is 0 Å². The molecule has 0 amide bonds. The number of oxime groups is 1. The van der Waals surface area contributed by atoms with Crippen molar-refractivity contribution in [3.8, 4) is 0 Å². The van der Waals surface area contributed by atoms with E-state index in [4.69, 9.17) is 10.9 Å². The van der Waals surface area contributed by atoms with Gasteiger partial charge in [0.15, 0.2) is 5.84 Å². The van der Waals surface area contributed by atoms with Crippen molar-refractivity contribution in [2.45, 2.75) is 6.42 Å². The molecule has 6 heteroatoms. The van der Waals surface area contributed by atoms with Crippen molar-refractivity contribution in [2.24, 2.45) is 10.9 Å². The number of amidine groups is 1. The number of halogens is 1. The van der Waals surface area contributed by atoms with Crippen LogP contribution in [0, 0.1) is 0 Å². The first-order valence-electron chi connectivity index (χ1n) is 6.49. The summed E-state index contributed by atoms with van der Waals surface area (Å²) < 4.78 is 0.885. The second-order valence-electron chi connectivity index (χ2n) is 4.67. The maximum Gasteiger partial charge on any atom is 0.172 e. The third kappa shape index (κ3) is 3.95. The van der Waals surface area contributed by atoms with Gasteiger partial charge in [-0.1, -0.05) is 21.1 Å². The number of anilines is 1. The molecule has 1 aromatic heterocycles. The molecule has 0 saturated carbocycles. The second-order valence-corrected chi connectivity index (χ2v) is 5.59. The first kappa shape index (κ1) is 15.3. The highest BCUT2D eigenvalue weighted by atomic mass is 79.9. The highest BCUT2D eigenvalue weighted by Gasteiger charge is 2.11. The van der Waals surface area contributed by atoms with Gasteiger partial charge in [0.1, 0.15) is 0 Å².